The van der Waals surface area contributed by atoms with Crippen LogP contribution in [-0.2, 0) is 0 Å². The van der Waals surface area contributed by atoms with E-state index in [0.29, 0.717) is 0 Å². The van der Waals surface area contributed by atoms with Crippen molar-refractivity contribution in [3.8, 4) is 5.75 Å². The van der Waals surface area contributed by atoms with Crippen molar-refractivity contribution in [2.24, 2.45) is 0 Å². The molecule has 0 amide bonds. The van der Waals surface area contributed by atoms with Crippen molar-refractivity contribution in [2.45, 2.75) is 4.90 Å². The van der Waals surface area contributed by atoms with Crippen molar-refractivity contribution in [2.75, 3.05) is 0 Å². The second kappa shape index (κ2) is 2.78. The van der Waals surface area contributed by atoms with Crippen molar-refractivity contribution in [1.82, 2.24) is 0 Å². The number of rotatable bonds is 1. The largest absolute Gasteiger partial charge is 0.490 e. The van der Waals surface area contributed by atoms with Gasteiger partial charge in [0, 0.05) is 4.90 Å². The van der Waals surface area contributed by atoms with Crippen molar-refractivity contribution in [1.29, 1.82) is 0 Å². The molecular formula is C7H7OS. The quantitative estimate of drug-likeness (QED) is 0.586. The number of benzene rings is 1. The van der Waals surface area contributed by atoms with Gasteiger partial charge in [0.2, 0.25) is 0 Å². The molecule has 47 valence electrons. The Labute approximate surface area is 60.1 Å². The molecule has 0 atom stereocenters. The predicted molar refractivity (Wildman–Crippen MR) is 39.7 cm³/mol. The molecule has 0 saturated carbocycles. The first-order valence-corrected chi connectivity index (χ1v) is 2.98. The zero-order chi connectivity index (χ0) is 6.69. The van der Waals surface area contributed by atoms with Crippen LogP contribution in [0.4, 0.5) is 0 Å². The van der Waals surface area contributed by atoms with Gasteiger partial charge in [-0.2, -0.15) is 0 Å². The number of ether oxygens (including phenoxy) is 1. The van der Waals surface area contributed by atoms with E-state index in [-0.39, 0.29) is 0 Å². The van der Waals surface area contributed by atoms with Crippen LogP contribution in [-0.4, -0.2) is 0 Å². The Balaban J connectivity index is 2.94. The lowest BCUT2D eigenvalue weighted by Gasteiger charge is -1.96. The molecular weight excluding hydrogens is 132 g/mol. The monoisotopic (exact) mass is 139 g/mol. The van der Waals surface area contributed by atoms with Crippen molar-refractivity contribution in [3.05, 3.63) is 31.4 Å². The highest BCUT2D eigenvalue weighted by atomic mass is 32.1. The van der Waals surface area contributed by atoms with Gasteiger partial charge < -0.3 is 4.74 Å². The van der Waals surface area contributed by atoms with Crippen LogP contribution in [0.15, 0.2) is 29.2 Å². The summed E-state index contributed by atoms with van der Waals surface area (Å²) in [7, 11) is 3.26. The molecule has 1 aromatic rings. The molecule has 0 aromatic heterocycles. The number of hydrogen-bond acceptors (Lipinski definition) is 2. The predicted octanol–water partition coefficient (Wildman–Crippen LogP) is 2.15. The molecule has 0 aliphatic rings. The SMILES string of the molecule is [CH2]Oc1cccc(S)c1. The van der Waals surface area contributed by atoms with E-state index in [0.717, 1.165) is 10.6 Å². The van der Waals surface area contributed by atoms with Crippen LogP contribution in [0.3, 0.4) is 0 Å². The Morgan fingerprint density at radius 1 is 1.44 bits per heavy atom. The van der Waals surface area contributed by atoms with Crippen molar-refractivity contribution in [3.63, 3.8) is 0 Å². The first-order chi connectivity index (χ1) is 4.33. The van der Waals surface area contributed by atoms with Crippen LogP contribution in [0.5, 0.6) is 5.75 Å². The highest BCUT2D eigenvalue weighted by Crippen LogP contribution is 2.14. The molecule has 1 radical (unpaired) electrons. The summed E-state index contributed by atoms with van der Waals surface area (Å²) in [5.74, 6) is 0.738. The van der Waals surface area contributed by atoms with E-state index in [2.05, 4.69) is 19.7 Å². The summed E-state index contributed by atoms with van der Waals surface area (Å²) < 4.78 is 4.70. The zero-order valence-corrected chi connectivity index (χ0v) is 5.77. The van der Waals surface area contributed by atoms with Gasteiger partial charge in [0.05, 0.1) is 0 Å². The standard InChI is InChI=1S/C7H7OS/c1-8-6-3-2-4-7(9)5-6/h2-5,9H,1H2. The van der Waals surface area contributed by atoms with Gasteiger partial charge in [0.1, 0.15) is 12.9 Å². The van der Waals surface area contributed by atoms with Gasteiger partial charge in [0.15, 0.2) is 0 Å². The van der Waals surface area contributed by atoms with Gasteiger partial charge in [-0.15, -0.1) is 12.6 Å². The molecule has 0 bridgehead atoms. The summed E-state index contributed by atoms with van der Waals surface area (Å²) in [6, 6.07) is 7.37. The van der Waals surface area contributed by atoms with Crippen LogP contribution in [0.25, 0.3) is 0 Å². The van der Waals surface area contributed by atoms with Crippen LogP contribution in [0.2, 0.25) is 0 Å². The molecule has 0 saturated heterocycles. The van der Waals surface area contributed by atoms with Gasteiger partial charge in [0.25, 0.3) is 0 Å². The van der Waals surface area contributed by atoms with Gasteiger partial charge >= 0.3 is 0 Å². The molecule has 2 heteroatoms. The van der Waals surface area contributed by atoms with E-state index in [1.54, 1.807) is 6.07 Å². The lowest BCUT2D eigenvalue weighted by atomic mass is 10.3. The minimum absolute atomic E-state index is 0.738. The maximum Gasteiger partial charge on any atom is 0.122 e. The fourth-order valence-corrected chi connectivity index (χ4v) is 0.787. The second-order valence-corrected chi connectivity index (χ2v) is 2.16. The Kier molecular flexibility index (Phi) is 2.01. The molecule has 0 aliphatic carbocycles. The number of thiol groups is 1. The van der Waals surface area contributed by atoms with Gasteiger partial charge in [-0.05, 0) is 18.2 Å². The maximum atomic E-state index is 4.70. The Morgan fingerprint density at radius 2 is 2.22 bits per heavy atom. The third-order valence-electron chi connectivity index (χ3n) is 0.984. The smallest absolute Gasteiger partial charge is 0.122 e. The van der Waals surface area contributed by atoms with E-state index in [1.165, 1.54) is 0 Å². The minimum Gasteiger partial charge on any atom is -0.490 e. The van der Waals surface area contributed by atoms with Crippen LogP contribution in [0, 0.1) is 7.11 Å². The Morgan fingerprint density at radius 3 is 2.67 bits per heavy atom. The van der Waals surface area contributed by atoms with Crippen LogP contribution >= 0.6 is 12.6 Å². The molecule has 0 N–H and O–H groups in total. The highest BCUT2D eigenvalue weighted by molar-refractivity contribution is 7.80. The van der Waals surface area contributed by atoms with Gasteiger partial charge in [-0.1, -0.05) is 6.07 Å². The third kappa shape index (κ3) is 1.64. The normalized spacial score (nSPS) is 9.11. The lowest BCUT2D eigenvalue weighted by Crippen LogP contribution is -1.76. The molecule has 1 aromatic carbocycles. The molecule has 0 heterocycles. The Bertz CT molecular complexity index is 198. The van der Waals surface area contributed by atoms with E-state index in [4.69, 9.17) is 4.74 Å². The van der Waals surface area contributed by atoms with Crippen molar-refractivity contribution >= 4 is 12.6 Å². The van der Waals surface area contributed by atoms with E-state index in [9.17, 15) is 0 Å². The summed E-state index contributed by atoms with van der Waals surface area (Å²) in [5, 5.41) is 0. The first-order valence-electron chi connectivity index (χ1n) is 2.54. The molecule has 1 nitrogen and oxygen atoms in total. The summed E-state index contributed by atoms with van der Waals surface area (Å²) >= 11 is 4.10. The maximum absolute atomic E-state index is 4.70. The minimum atomic E-state index is 0.738. The van der Waals surface area contributed by atoms with Gasteiger partial charge in [-0.25, -0.2) is 0 Å². The zero-order valence-electron chi connectivity index (χ0n) is 4.87. The highest BCUT2D eigenvalue weighted by Gasteiger charge is 1.87. The second-order valence-electron chi connectivity index (χ2n) is 1.64. The lowest BCUT2D eigenvalue weighted by molar-refractivity contribution is 0.471. The number of hydrogen-bond donors (Lipinski definition) is 1. The topological polar surface area (TPSA) is 9.23 Å². The molecule has 1 rings (SSSR count). The Hall–Kier alpha value is -0.630. The van der Waals surface area contributed by atoms with Gasteiger partial charge in [-0.3, -0.25) is 0 Å². The fraction of sp³-hybridized carbons (Fsp3) is 0. The molecule has 0 aliphatic heterocycles. The third-order valence-corrected chi connectivity index (χ3v) is 1.26. The van der Waals surface area contributed by atoms with Crippen LogP contribution < -0.4 is 4.74 Å². The van der Waals surface area contributed by atoms with E-state index in [1.807, 2.05) is 18.2 Å². The summed E-state index contributed by atoms with van der Waals surface area (Å²) in [5.41, 5.74) is 0. The fourth-order valence-electron chi connectivity index (χ4n) is 0.573. The summed E-state index contributed by atoms with van der Waals surface area (Å²) in [6.45, 7) is 0. The van der Waals surface area contributed by atoms with Crippen molar-refractivity contribution < 1.29 is 4.74 Å². The first kappa shape index (κ1) is 6.49. The van der Waals surface area contributed by atoms with E-state index >= 15 is 0 Å². The summed E-state index contributed by atoms with van der Waals surface area (Å²) in [4.78, 5) is 0.885. The van der Waals surface area contributed by atoms with Crippen LogP contribution in [0.1, 0.15) is 0 Å². The molecule has 0 spiro atoms. The molecule has 0 fully saturated rings. The van der Waals surface area contributed by atoms with E-state index < -0.39 is 0 Å². The molecule has 9 heavy (non-hydrogen) atoms. The molecule has 0 unspecified atom stereocenters. The summed E-state index contributed by atoms with van der Waals surface area (Å²) in [6.07, 6.45) is 0. The average Bonchev–Trinajstić information content (AvgIpc) is 1.88. The average molecular weight is 139 g/mol.